The number of aliphatic hydroxyl groups excluding tert-OH is 2. The fourth-order valence-electron chi connectivity index (χ4n) is 8.96. The number of halogens is 2. The van der Waals surface area contributed by atoms with Crippen molar-refractivity contribution in [1.82, 2.24) is 35.1 Å². The maximum Gasteiger partial charge on any atom is 0.410 e. The van der Waals surface area contributed by atoms with Gasteiger partial charge in [0.05, 0.1) is 13.2 Å². The van der Waals surface area contributed by atoms with Crippen LogP contribution in [0.15, 0.2) is 48.8 Å². The fraction of sp³-hybridized carbons (Fsp3) is 0.531. The first-order valence-electron chi connectivity index (χ1n) is 23.7. The molecule has 2 aromatic carbocycles. The highest BCUT2D eigenvalue weighted by Gasteiger charge is 2.49. The monoisotopic (exact) mass is 987 g/mol. The molecule has 0 unspecified atom stereocenters. The molecule has 0 atom stereocenters. The summed E-state index contributed by atoms with van der Waals surface area (Å²) in [5, 5.41) is 38.5. The maximum atomic E-state index is 13.3. The first-order valence-corrected chi connectivity index (χ1v) is 24.5. The highest BCUT2D eigenvalue weighted by Crippen LogP contribution is 2.54. The molecule has 2 spiro atoms. The van der Waals surface area contributed by atoms with Gasteiger partial charge in [-0.3, -0.25) is 9.69 Å². The minimum absolute atomic E-state index is 0.0390. The van der Waals surface area contributed by atoms with Crippen molar-refractivity contribution in [3.63, 3.8) is 0 Å². The molecule has 5 heterocycles. The number of benzene rings is 2. The summed E-state index contributed by atoms with van der Waals surface area (Å²) in [4.78, 5) is 63.6. The van der Waals surface area contributed by atoms with E-state index in [4.69, 9.17) is 32.9 Å². The van der Waals surface area contributed by atoms with E-state index in [1.807, 2.05) is 39.0 Å². The summed E-state index contributed by atoms with van der Waals surface area (Å²) in [7, 11) is 0. The van der Waals surface area contributed by atoms with Crippen molar-refractivity contribution < 1.29 is 34.4 Å². The molecule has 2 amide bonds. The lowest BCUT2D eigenvalue weighted by Crippen LogP contribution is -2.51. The number of aromatic carboxylic acids is 1. The van der Waals surface area contributed by atoms with Crippen LogP contribution in [0.2, 0.25) is 10.0 Å². The van der Waals surface area contributed by atoms with Gasteiger partial charge in [0, 0.05) is 101 Å². The van der Waals surface area contributed by atoms with Crippen molar-refractivity contribution in [3.05, 3.63) is 92.2 Å². The van der Waals surface area contributed by atoms with E-state index in [2.05, 4.69) is 45.6 Å². The van der Waals surface area contributed by atoms with Gasteiger partial charge < -0.3 is 50.7 Å². The number of carbonyl (C=O) groups is 3. The fourth-order valence-corrected chi connectivity index (χ4v) is 9.48. The predicted octanol–water partition coefficient (Wildman–Crippen LogP) is 6.43. The number of hydrogen-bond acceptors (Lipinski definition) is 15. The number of carbonyl (C=O) groups excluding carboxylic acids is 2. The van der Waals surface area contributed by atoms with Gasteiger partial charge in [0.25, 0.3) is 5.91 Å². The van der Waals surface area contributed by atoms with Gasteiger partial charge in [0.2, 0.25) is 11.9 Å². The molecule has 6 N–H and O–H groups in total. The first-order chi connectivity index (χ1) is 33.0. The molecular weight excluding hydrogens is 926 g/mol. The van der Waals surface area contributed by atoms with E-state index in [-0.39, 0.29) is 30.8 Å². The molecule has 69 heavy (non-hydrogen) atoms. The molecule has 9 rings (SSSR count). The average Bonchev–Trinajstić information content (AvgIpc) is 4.18. The van der Waals surface area contributed by atoms with Gasteiger partial charge in [-0.25, -0.2) is 19.6 Å². The maximum absolute atomic E-state index is 13.3. The molecule has 2 aliphatic carbocycles. The van der Waals surface area contributed by atoms with Crippen LogP contribution in [-0.2, 0) is 31.0 Å². The number of carboxylic acid groups (broad SMARTS) is 1. The Morgan fingerprint density at radius 3 is 1.64 bits per heavy atom. The number of piperazine rings is 1. The minimum Gasteiger partial charge on any atom is -0.477 e. The third-order valence-corrected chi connectivity index (χ3v) is 14.3. The van der Waals surface area contributed by atoms with E-state index in [9.17, 15) is 29.7 Å². The van der Waals surface area contributed by atoms with E-state index >= 15 is 0 Å². The van der Waals surface area contributed by atoms with Crippen molar-refractivity contribution in [1.29, 1.82) is 0 Å². The first kappa shape index (κ1) is 49.9. The number of hydrogen-bond donors (Lipinski definition) is 6. The lowest BCUT2D eigenvalue weighted by atomic mass is 10.1. The molecular formula is C49H63Cl2N11O7. The Morgan fingerprint density at radius 1 is 0.710 bits per heavy atom. The molecule has 5 aliphatic rings. The van der Waals surface area contributed by atoms with Gasteiger partial charge >= 0.3 is 12.1 Å². The number of rotatable bonds is 15. The van der Waals surface area contributed by atoms with Crippen LogP contribution in [0, 0.1) is 10.8 Å². The Labute approximate surface area is 412 Å². The molecule has 370 valence electrons. The number of nitrogens with zero attached hydrogens (tertiary/aromatic N) is 8. The molecule has 5 fully saturated rings. The summed E-state index contributed by atoms with van der Waals surface area (Å²) in [5.41, 5.74) is 3.87. The molecule has 18 nitrogen and oxygen atoms in total. The van der Waals surface area contributed by atoms with Gasteiger partial charge in [0.1, 0.15) is 28.4 Å². The number of carboxylic acids is 1. The molecule has 3 saturated heterocycles. The van der Waals surface area contributed by atoms with E-state index in [0.29, 0.717) is 113 Å². The Hall–Kier alpha value is -5.53. The topological polar surface area (TPSA) is 222 Å². The largest absolute Gasteiger partial charge is 0.477 e. The summed E-state index contributed by atoms with van der Waals surface area (Å²) in [6.45, 7) is 13.6. The summed E-state index contributed by atoms with van der Waals surface area (Å²) in [6, 6.07) is 10.8. The van der Waals surface area contributed by atoms with Crippen molar-refractivity contribution in [2.24, 2.45) is 10.8 Å². The smallest absolute Gasteiger partial charge is 0.410 e. The van der Waals surface area contributed by atoms with Crippen LogP contribution >= 0.6 is 23.2 Å². The van der Waals surface area contributed by atoms with Crippen molar-refractivity contribution >= 4 is 64.7 Å². The third-order valence-electron chi connectivity index (χ3n) is 13.6. The van der Waals surface area contributed by atoms with E-state index in [1.165, 1.54) is 31.9 Å². The van der Waals surface area contributed by atoms with E-state index in [0.717, 1.165) is 50.1 Å². The van der Waals surface area contributed by atoms with Crippen molar-refractivity contribution in [2.45, 2.75) is 91.2 Å². The van der Waals surface area contributed by atoms with Crippen LogP contribution in [0.5, 0.6) is 0 Å². The van der Waals surface area contributed by atoms with Crippen LogP contribution in [0.3, 0.4) is 0 Å². The highest BCUT2D eigenvalue weighted by molar-refractivity contribution is 6.31. The zero-order chi connectivity index (χ0) is 48.9. The number of nitrogens with one attached hydrogen (secondary N) is 3. The summed E-state index contributed by atoms with van der Waals surface area (Å²) < 4.78 is 5.48. The van der Waals surface area contributed by atoms with E-state index < -0.39 is 11.6 Å². The second-order valence-electron chi connectivity index (χ2n) is 20.0. The van der Waals surface area contributed by atoms with Crippen LogP contribution in [0.25, 0.3) is 0 Å². The van der Waals surface area contributed by atoms with Gasteiger partial charge in [-0.05, 0) is 105 Å². The zero-order valence-electron chi connectivity index (χ0n) is 39.6. The number of aromatic nitrogens is 4. The number of amides is 2. The molecule has 20 heteroatoms. The summed E-state index contributed by atoms with van der Waals surface area (Å²) >= 11 is 12.4. The molecule has 0 radical (unpaired) electrons. The molecule has 2 aromatic heterocycles. The summed E-state index contributed by atoms with van der Waals surface area (Å²) in [6.07, 6.45) is 10.0. The molecule has 0 bridgehead atoms. The van der Waals surface area contributed by atoms with E-state index in [1.54, 1.807) is 29.3 Å². The number of anilines is 4. The van der Waals surface area contributed by atoms with Crippen LogP contribution in [0.4, 0.5) is 28.3 Å². The van der Waals surface area contributed by atoms with Gasteiger partial charge in [-0.1, -0.05) is 47.5 Å². The molecule has 3 aliphatic heterocycles. The average molecular weight is 989 g/mol. The Kier molecular flexibility index (Phi) is 15.3. The van der Waals surface area contributed by atoms with Crippen LogP contribution < -0.4 is 25.8 Å². The van der Waals surface area contributed by atoms with Crippen LogP contribution in [-0.4, -0.2) is 134 Å². The molecule has 4 aromatic rings. The quantitative estimate of drug-likeness (QED) is 0.0756. The lowest BCUT2D eigenvalue weighted by Gasteiger charge is -2.35. The Balaban J connectivity index is 0.000000204. The van der Waals surface area contributed by atoms with Crippen LogP contribution in [0.1, 0.15) is 102 Å². The predicted molar refractivity (Wildman–Crippen MR) is 264 cm³/mol. The van der Waals surface area contributed by atoms with Gasteiger partial charge in [-0.2, -0.15) is 9.97 Å². The number of aliphatic hydroxyl groups is 2. The Morgan fingerprint density at radius 2 is 1.20 bits per heavy atom. The van der Waals surface area contributed by atoms with Gasteiger partial charge in [-0.15, -0.1) is 0 Å². The second-order valence-corrected chi connectivity index (χ2v) is 20.8. The molecule has 2 saturated carbocycles. The standard InChI is InChI=1S/C30H42ClN7O4.C19H21ClN4O3/c1-29(2,3)42-28(41)37-14-12-36(13-15-37)11-9-32-26(40)23-18-34-27(38-10-8-30(20-38)6-7-30)35-25(23)33-17-21-4-5-22(19-39)24(31)16-21;20-15-7-12(1-2-13(15)10-25)8-21-16-14(17(26)27)9-22-18(23-16)24-6-5-19(11-24)3-4-19/h4-5,16,18,39H,6-15,17,19-20H2,1-3H3,(H,32,40)(H,33,34,35);1-2,7,9,25H,3-6,8,10-11H2,(H,26,27)(H,21,22,23). The van der Waals surface area contributed by atoms with Crippen molar-refractivity contribution in [2.75, 3.05) is 85.9 Å². The van der Waals surface area contributed by atoms with Crippen molar-refractivity contribution in [3.8, 4) is 0 Å². The normalized spacial score (nSPS) is 17.9. The van der Waals surface area contributed by atoms with Gasteiger partial charge in [0.15, 0.2) is 0 Å². The third kappa shape index (κ3) is 12.8. The SMILES string of the molecule is CC(C)(C)OC(=O)N1CCN(CCNC(=O)c2cnc(N3CCC4(CC4)C3)nc2NCc2ccc(CO)c(Cl)c2)CC1.O=C(O)c1cnc(N2CCC3(CC3)C2)nc1NCc1ccc(CO)c(Cl)c1. The second kappa shape index (κ2) is 21.2. The summed E-state index contributed by atoms with van der Waals surface area (Å²) in [5.74, 6) is 0.659. The lowest BCUT2D eigenvalue weighted by molar-refractivity contribution is 0.0146. The number of ether oxygens (including phenoxy) is 1. The zero-order valence-corrected chi connectivity index (χ0v) is 41.1. The Bertz CT molecular complexity index is 2510. The minimum atomic E-state index is -1.07. The highest BCUT2D eigenvalue weighted by atomic mass is 35.5.